The molecule has 0 spiro atoms. The predicted molar refractivity (Wildman–Crippen MR) is 84.4 cm³/mol. The molecule has 1 aromatic carbocycles. The van der Waals surface area contributed by atoms with Crippen LogP contribution in [-0.2, 0) is 0 Å². The highest BCUT2D eigenvalue weighted by Gasteiger charge is 2.18. The van der Waals surface area contributed by atoms with Gasteiger partial charge in [0.25, 0.3) is 0 Å². The number of aromatic nitrogens is 4. The van der Waals surface area contributed by atoms with Crippen LogP contribution in [0, 0.1) is 12.7 Å². The first-order valence-electron chi connectivity index (χ1n) is 6.62. The van der Waals surface area contributed by atoms with E-state index in [2.05, 4.69) is 15.3 Å². The molecule has 5 nitrogen and oxygen atoms in total. The molecule has 4 aromatic rings. The third kappa shape index (κ3) is 1.70. The zero-order valence-corrected chi connectivity index (χ0v) is 12.3. The summed E-state index contributed by atoms with van der Waals surface area (Å²) < 4.78 is 16.1. The van der Waals surface area contributed by atoms with Gasteiger partial charge in [0.1, 0.15) is 16.7 Å². The van der Waals surface area contributed by atoms with Crippen molar-refractivity contribution in [2.24, 2.45) is 0 Å². The summed E-state index contributed by atoms with van der Waals surface area (Å²) >= 11 is 6.05. The molecule has 0 unspecified atom stereocenters. The first-order valence-corrected chi connectivity index (χ1v) is 7.00. The Morgan fingerprint density at radius 2 is 2.18 bits per heavy atom. The highest BCUT2D eigenvalue weighted by Crippen LogP contribution is 2.37. The van der Waals surface area contributed by atoms with Crippen LogP contribution in [0.15, 0.2) is 30.6 Å². The molecule has 7 heteroatoms. The van der Waals surface area contributed by atoms with Crippen LogP contribution in [0.25, 0.3) is 27.5 Å². The molecule has 0 saturated carbocycles. The van der Waals surface area contributed by atoms with Gasteiger partial charge in [-0.1, -0.05) is 11.6 Å². The number of rotatable bonds is 1. The summed E-state index contributed by atoms with van der Waals surface area (Å²) in [6, 6.07) is 5.53. The Kier molecular flexibility index (Phi) is 2.65. The zero-order chi connectivity index (χ0) is 15.4. The number of nitrogens with two attached hydrogens (primary N) is 1. The fraction of sp³-hybridized carbons (Fsp3) is 0.0667. The van der Waals surface area contributed by atoms with Gasteiger partial charge in [-0.2, -0.15) is 10.2 Å². The van der Waals surface area contributed by atoms with E-state index < -0.39 is 5.82 Å². The van der Waals surface area contributed by atoms with Crippen molar-refractivity contribution in [1.29, 1.82) is 0 Å². The molecule has 0 fully saturated rings. The average Bonchev–Trinajstić information content (AvgIpc) is 3.10. The van der Waals surface area contributed by atoms with E-state index in [1.54, 1.807) is 29.9 Å². The van der Waals surface area contributed by atoms with Crippen molar-refractivity contribution in [2.75, 3.05) is 5.73 Å². The van der Waals surface area contributed by atoms with Gasteiger partial charge in [0.05, 0.1) is 17.2 Å². The van der Waals surface area contributed by atoms with E-state index in [0.29, 0.717) is 16.9 Å². The molecule has 0 bridgehead atoms. The lowest BCUT2D eigenvalue weighted by molar-refractivity contribution is 0.621. The zero-order valence-electron chi connectivity index (χ0n) is 11.6. The summed E-state index contributed by atoms with van der Waals surface area (Å²) in [5.74, 6) is -0.00840. The lowest BCUT2D eigenvalue weighted by Crippen LogP contribution is -1.94. The van der Waals surface area contributed by atoms with Gasteiger partial charge in [-0.05, 0) is 35.7 Å². The van der Waals surface area contributed by atoms with Crippen LogP contribution in [0.1, 0.15) is 5.56 Å². The van der Waals surface area contributed by atoms with E-state index in [0.717, 1.165) is 22.0 Å². The van der Waals surface area contributed by atoms with Gasteiger partial charge >= 0.3 is 0 Å². The number of aromatic amines is 1. The first-order chi connectivity index (χ1) is 10.6. The number of halogens is 2. The number of H-pyrrole nitrogens is 1. The minimum Gasteiger partial charge on any atom is -0.382 e. The molecule has 0 aliphatic rings. The van der Waals surface area contributed by atoms with Gasteiger partial charge < -0.3 is 5.73 Å². The van der Waals surface area contributed by atoms with Crippen molar-refractivity contribution in [3.05, 3.63) is 47.0 Å². The fourth-order valence-corrected chi connectivity index (χ4v) is 3.06. The van der Waals surface area contributed by atoms with E-state index in [4.69, 9.17) is 17.3 Å². The van der Waals surface area contributed by atoms with Crippen LogP contribution in [0.2, 0.25) is 5.02 Å². The number of hydrogen-bond acceptors (Lipinski definition) is 3. The van der Waals surface area contributed by atoms with E-state index in [1.807, 2.05) is 12.1 Å². The molecule has 0 aliphatic carbocycles. The number of benzene rings is 1. The minimum absolute atomic E-state index is 0.0587. The van der Waals surface area contributed by atoms with Gasteiger partial charge in [-0.15, -0.1) is 0 Å². The number of nitrogens with zero attached hydrogens (tertiary/aromatic N) is 3. The van der Waals surface area contributed by atoms with E-state index >= 15 is 0 Å². The molecule has 0 atom stereocenters. The van der Waals surface area contributed by atoms with E-state index in [1.165, 1.54) is 0 Å². The number of nitrogen functional groups attached to an aromatic ring is 1. The Morgan fingerprint density at radius 1 is 1.36 bits per heavy atom. The quantitative estimate of drug-likeness (QED) is 0.564. The van der Waals surface area contributed by atoms with Gasteiger partial charge in [0, 0.05) is 17.6 Å². The molecule has 3 aromatic heterocycles. The Bertz CT molecular complexity index is 1030. The molecule has 3 N–H and O–H groups in total. The number of hydrogen-bond donors (Lipinski definition) is 2. The predicted octanol–water partition coefficient (Wildman–Crippen LogP) is 3.56. The minimum atomic E-state index is -0.443. The summed E-state index contributed by atoms with van der Waals surface area (Å²) in [4.78, 5) is 0. The normalized spacial score (nSPS) is 11.6. The maximum atomic E-state index is 14.4. The molecule has 0 saturated heterocycles. The molecular formula is C15H11ClFN5. The van der Waals surface area contributed by atoms with Crippen molar-refractivity contribution < 1.29 is 4.39 Å². The average molecular weight is 316 g/mol. The van der Waals surface area contributed by atoms with Crippen LogP contribution < -0.4 is 5.73 Å². The third-order valence-electron chi connectivity index (χ3n) is 3.80. The van der Waals surface area contributed by atoms with Crippen LogP contribution in [0.3, 0.4) is 0 Å². The lowest BCUT2D eigenvalue weighted by atomic mass is 9.97. The highest BCUT2D eigenvalue weighted by molar-refractivity contribution is 6.36. The summed E-state index contributed by atoms with van der Waals surface area (Å²) in [6.07, 6.45) is 3.44. The summed E-state index contributed by atoms with van der Waals surface area (Å²) in [5.41, 5.74) is 9.12. The van der Waals surface area contributed by atoms with E-state index in [9.17, 15) is 4.39 Å². The smallest absolute Gasteiger partial charge is 0.147 e. The standard InChI is InChI=1S/C15H11ClFN5/c1-7-12(10-6-19-20-15(10)13(16)14(7)17)8-2-3-22-9(4-8)5-11(18)21-22/h2-6H,1H3,(H2,18,21)(H,19,20). The Labute approximate surface area is 129 Å². The second-order valence-electron chi connectivity index (χ2n) is 5.14. The van der Waals surface area contributed by atoms with Gasteiger partial charge in [0.15, 0.2) is 0 Å². The molecular weight excluding hydrogens is 305 g/mol. The van der Waals surface area contributed by atoms with Crippen LogP contribution in [0.4, 0.5) is 10.2 Å². The Hall–Kier alpha value is -2.60. The number of pyridine rings is 1. The van der Waals surface area contributed by atoms with Gasteiger partial charge in [-0.25, -0.2) is 8.91 Å². The maximum absolute atomic E-state index is 14.4. The molecule has 0 amide bonds. The van der Waals surface area contributed by atoms with Crippen LogP contribution >= 0.6 is 11.6 Å². The summed E-state index contributed by atoms with van der Waals surface area (Å²) in [5, 5.41) is 11.7. The van der Waals surface area contributed by atoms with Gasteiger partial charge in [0.2, 0.25) is 0 Å². The molecule has 22 heavy (non-hydrogen) atoms. The molecule has 0 radical (unpaired) electrons. The molecule has 4 rings (SSSR count). The maximum Gasteiger partial charge on any atom is 0.147 e. The van der Waals surface area contributed by atoms with Gasteiger partial charge in [-0.3, -0.25) is 5.10 Å². The largest absolute Gasteiger partial charge is 0.382 e. The Morgan fingerprint density at radius 3 is 3.00 bits per heavy atom. The highest BCUT2D eigenvalue weighted by atomic mass is 35.5. The van der Waals surface area contributed by atoms with Crippen LogP contribution in [0.5, 0.6) is 0 Å². The first kappa shape index (κ1) is 13.1. The number of fused-ring (bicyclic) bond motifs is 2. The van der Waals surface area contributed by atoms with Crippen LogP contribution in [-0.4, -0.2) is 19.8 Å². The topological polar surface area (TPSA) is 72.0 Å². The Balaban J connectivity index is 2.09. The third-order valence-corrected chi connectivity index (χ3v) is 4.15. The fourth-order valence-electron chi connectivity index (χ4n) is 2.77. The van der Waals surface area contributed by atoms with E-state index in [-0.39, 0.29) is 5.02 Å². The number of anilines is 1. The molecule has 0 aliphatic heterocycles. The second-order valence-corrected chi connectivity index (χ2v) is 5.52. The second kappa shape index (κ2) is 4.45. The van der Waals surface area contributed by atoms with Crippen molar-refractivity contribution in [1.82, 2.24) is 19.8 Å². The van der Waals surface area contributed by atoms with Crippen molar-refractivity contribution in [3.8, 4) is 11.1 Å². The van der Waals surface area contributed by atoms with Crippen molar-refractivity contribution >= 4 is 33.8 Å². The monoisotopic (exact) mass is 315 g/mol. The lowest BCUT2D eigenvalue weighted by Gasteiger charge is -2.11. The summed E-state index contributed by atoms with van der Waals surface area (Å²) in [7, 11) is 0. The van der Waals surface area contributed by atoms with Crippen molar-refractivity contribution in [2.45, 2.75) is 6.92 Å². The van der Waals surface area contributed by atoms with Crippen molar-refractivity contribution in [3.63, 3.8) is 0 Å². The summed E-state index contributed by atoms with van der Waals surface area (Å²) in [6.45, 7) is 1.71. The molecule has 3 heterocycles. The SMILES string of the molecule is Cc1c(F)c(Cl)c2[nH]ncc2c1-c1ccn2nc(N)cc2c1. The number of nitrogens with one attached hydrogen (secondary N) is 1. The molecule has 110 valence electrons.